The van der Waals surface area contributed by atoms with Crippen molar-refractivity contribution in [3.63, 3.8) is 0 Å². The standard InChI is InChI=1S/C15H26N2O/c1-4-6-16-8-15-14(5-7-18-15)11-17-9-12(2)13(3)10-17/h5,7,12-13,16H,4,6,8-11H2,1-3H3. The predicted molar refractivity (Wildman–Crippen MR) is 74.3 cm³/mol. The molecule has 1 aromatic heterocycles. The highest BCUT2D eigenvalue weighted by Gasteiger charge is 2.26. The molecule has 1 fully saturated rings. The molecule has 2 rings (SSSR count). The summed E-state index contributed by atoms with van der Waals surface area (Å²) in [6.07, 6.45) is 2.98. The Balaban J connectivity index is 1.87. The lowest BCUT2D eigenvalue weighted by atomic mass is 10.0. The highest BCUT2D eigenvalue weighted by Crippen LogP contribution is 2.24. The molecule has 0 bridgehead atoms. The van der Waals surface area contributed by atoms with E-state index in [1.807, 2.05) is 6.26 Å². The highest BCUT2D eigenvalue weighted by molar-refractivity contribution is 5.17. The molecule has 0 aliphatic carbocycles. The second-order valence-electron chi connectivity index (χ2n) is 5.69. The van der Waals surface area contributed by atoms with Crippen LogP contribution < -0.4 is 5.32 Å². The minimum Gasteiger partial charge on any atom is -0.468 e. The van der Waals surface area contributed by atoms with Gasteiger partial charge in [-0.1, -0.05) is 20.8 Å². The average Bonchev–Trinajstić information content (AvgIpc) is 2.88. The van der Waals surface area contributed by atoms with Gasteiger partial charge in [-0.2, -0.15) is 0 Å². The van der Waals surface area contributed by atoms with E-state index < -0.39 is 0 Å². The van der Waals surface area contributed by atoms with E-state index in [0.29, 0.717) is 0 Å². The fraction of sp³-hybridized carbons (Fsp3) is 0.733. The number of furan rings is 1. The summed E-state index contributed by atoms with van der Waals surface area (Å²) >= 11 is 0. The van der Waals surface area contributed by atoms with Crippen molar-refractivity contribution in [2.75, 3.05) is 19.6 Å². The lowest BCUT2D eigenvalue weighted by Gasteiger charge is -2.15. The molecule has 0 radical (unpaired) electrons. The summed E-state index contributed by atoms with van der Waals surface area (Å²) < 4.78 is 5.59. The molecular weight excluding hydrogens is 224 g/mol. The van der Waals surface area contributed by atoms with Gasteiger partial charge < -0.3 is 9.73 Å². The van der Waals surface area contributed by atoms with Gasteiger partial charge in [-0.25, -0.2) is 0 Å². The Morgan fingerprint density at radius 3 is 2.72 bits per heavy atom. The molecule has 1 aliphatic rings. The zero-order valence-electron chi connectivity index (χ0n) is 11.9. The fourth-order valence-electron chi connectivity index (χ4n) is 2.66. The third kappa shape index (κ3) is 3.36. The van der Waals surface area contributed by atoms with Gasteiger partial charge in [0.25, 0.3) is 0 Å². The minimum absolute atomic E-state index is 0.818. The summed E-state index contributed by atoms with van der Waals surface area (Å²) in [5, 5.41) is 3.41. The maximum absolute atomic E-state index is 5.59. The molecule has 0 aromatic carbocycles. The smallest absolute Gasteiger partial charge is 0.122 e. The summed E-state index contributed by atoms with van der Waals surface area (Å²) in [7, 11) is 0. The maximum Gasteiger partial charge on any atom is 0.122 e. The third-order valence-electron chi connectivity index (χ3n) is 4.01. The van der Waals surface area contributed by atoms with E-state index in [0.717, 1.165) is 43.7 Å². The van der Waals surface area contributed by atoms with Crippen LogP contribution in [0.15, 0.2) is 16.7 Å². The second-order valence-corrected chi connectivity index (χ2v) is 5.69. The van der Waals surface area contributed by atoms with Crippen molar-refractivity contribution in [2.45, 2.75) is 40.3 Å². The van der Waals surface area contributed by atoms with Gasteiger partial charge in [-0.05, 0) is 30.9 Å². The Kier molecular flexibility index (Phi) is 4.84. The van der Waals surface area contributed by atoms with Crippen LogP contribution in [-0.4, -0.2) is 24.5 Å². The zero-order valence-corrected chi connectivity index (χ0v) is 11.9. The summed E-state index contributed by atoms with van der Waals surface area (Å²) in [5.74, 6) is 2.74. The van der Waals surface area contributed by atoms with Crippen LogP contribution in [0.5, 0.6) is 0 Å². The lowest BCUT2D eigenvalue weighted by molar-refractivity contribution is 0.312. The first-order chi connectivity index (χ1) is 8.70. The Morgan fingerprint density at radius 2 is 2.06 bits per heavy atom. The van der Waals surface area contributed by atoms with E-state index in [1.165, 1.54) is 18.7 Å². The maximum atomic E-state index is 5.59. The van der Waals surface area contributed by atoms with Gasteiger partial charge >= 0.3 is 0 Å². The number of rotatable bonds is 6. The topological polar surface area (TPSA) is 28.4 Å². The molecule has 102 valence electrons. The number of nitrogens with one attached hydrogen (secondary N) is 1. The molecule has 0 spiro atoms. The summed E-state index contributed by atoms with van der Waals surface area (Å²) in [6.45, 7) is 12.3. The first kappa shape index (κ1) is 13.6. The van der Waals surface area contributed by atoms with Crippen molar-refractivity contribution in [2.24, 2.45) is 11.8 Å². The van der Waals surface area contributed by atoms with Crippen LogP contribution in [-0.2, 0) is 13.1 Å². The molecule has 1 aromatic rings. The molecule has 0 saturated carbocycles. The average molecular weight is 250 g/mol. The van der Waals surface area contributed by atoms with Crippen LogP contribution in [0.1, 0.15) is 38.5 Å². The van der Waals surface area contributed by atoms with Crippen molar-refractivity contribution >= 4 is 0 Å². The van der Waals surface area contributed by atoms with Crippen molar-refractivity contribution in [3.8, 4) is 0 Å². The first-order valence-corrected chi connectivity index (χ1v) is 7.19. The van der Waals surface area contributed by atoms with Crippen molar-refractivity contribution in [1.29, 1.82) is 0 Å². The third-order valence-corrected chi connectivity index (χ3v) is 4.01. The summed E-state index contributed by atoms with van der Waals surface area (Å²) in [4.78, 5) is 2.55. The number of likely N-dealkylation sites (tertiary alicyclic amines) is 1. The number of nitrogens with zero attached hydrogens (tertiary/aromatic N) is 1. The molecule has 1 N–H and O–H groups in total. The normalized spacial score (nSPS) is 24.8. The summed E-state index contributed by atoms with van der Waals surface area (Å²) in [6, 6.07) is 2.12. The molecule has 2 atom stereocenters. The highest BCUT2D eigenvalue weighted by atomic mass is 16.3. The Hall–Kier alpha value is -0.800. The number of hydrogen-bond donors (Lipinski definition) is 1. The van der Waals surface area contributed by atoms with E-state index >= 15 is 0 Å². The molecule has 3 nitrogen and oxygen atoms in total. The van der Waals surface area contributed by atoms with Crippen LogP contribution in [0.3, 0.4) is 0 Å². The van der Waals surface area contributed by atoms with E-state index in [4.69, 9.17) is 4.42 Å². The van der Waals surface area contributed by atoms with Gasteiger partial charge in [-0.3, -0.25) is 4.90 Å². The molecule has 2 unspecified atom stereocenters. The van der Waals surface area contributed by atoms with Gasteiger partial charge in [0.05, 0.1) is 12.8 Å². The van der Waals surface area contributed by atoms with E-state index in [1.54, 1.807) is 0 Å². The Labute approximate surface area is 111 Å². The van der Waals surface area contributed by atoms with Crippen LogP contribution in [0.25, 0.3) is 0 Å². The fourth-order valence-corrected chi connectivity index (χ4v) is 2.66. The van der Waals surface area contributed by atoms with Gasteiger partial charge in [0.1, 0.15) is 5.76 Å². The molecule has 0 amide bonds. The molecule has 1 saturated heterocycles. The second kappa shape index (κ2) is 6.39. The lowest BCUT2D eigenvalue weighted by Crippen LogP contribution is -2.21. The minimum atomic E-state index is 0.818. The molecule has 1 aliphatic heterocycles. The van der Waals surface area contributed by atoms with Crippen LogP contribution in [0.2, 0.25) is 0 Å². The van der Waals surface area contributed by atoms with Crippen molar-refractivity contribution in [3.05, 3.63) is 23.7 Å². The van der Waals surface area contributed by atoms with Crippen LogP contribution in [0, 0.1) is 11.8 Å². The molecule has 3 heteroatoms. The first-order valence-electron chi connectivity index (χ1n) is 7.19. The van der Waals surface area contributed by atoms with Gasteiger partial charge in [0, 0.05) is 25.2 Å². The van der Waals surface area contributed by atoms with Crippen molar-refractivity contribution in [1.82, 2.24) is 10.2 Å². The predicted octanol–water partition coefficient (Wildman–Crippen LogP) is 2.87. The monoisotopic (exact) mass is 250 g/mol. The zero-order chi connectivity index (χ0) is 13.0. The molecule has 2 heterocycles. The largest absolute Gasteiger partial charge is 0.468 e. The molecule has 18 heavy (non-hydrogen) atoms. The van der Waals surface area contributed by atoms with Gasteiger partial charge in [-0.15, -0.1) is 0 Å². The van der Waals surface area contributed by atoms with E-state index in [9.17, 15) is 0 Å². The van der Waals surface area contributed by atoms with Crippen LogP contribution >= 0.6 is 0 Å². The SMILES string of the molecule is CCCNCc1occc1CN1CC(C)C(C)C1. The Morgan fingerprint density at radius 1 is 1.33 bits per heavy atom. The van der Waals surface area contributed by atoms with E-state index in [-0.39, 0.29) is 0 Å². The van der Waals surface area contributed by atoms with Crippen molar-refractivity contribution < 1.29 is 4.42 Å². The van der Waals surface area contributed by atoms with Crippen LogP contribution in [0.4, 0.5) is 0 Å². The van der Waals surface area contributed by atoms with Gasteiger partial charge in [0.2, 0.25) is 0 Å². The molecular formula is C15H26N2O. The summed E-state index contributed by atoms with van der Waals surface area (Å²) in [5.41, 5.74) is 1.35. The Bertz CT molecular complexity index is 351. The van der Waals surface area contributed by atoms with E-state index in [2.05, 4.69) is 37.1 Å². The quantitative estimate of drug-likeness (QED) is 0.787. The number of hydrogen-bond acceptors (Lipinski definition) is 3. The van der Waals surface area contributed by atoms with Gasteiger partial charge in [0.15, 0.2) is 0 Å².